The summed E-state index contributed by atoms with van der Waals surface area (Å²) in [6.45, 7) is 2.57. The molecule has 2 aromatic carbocycles. The number of hydrogen-bond donors (Lipinski definition) is 0. The summed E-state index contributed by atoms with van der Waals surface area (Å²) >= 11 is 6.21. The minimum Gasteiger partial charge on any atom is -0.441 e. The molecule has 0 bridgehead atoms. The maximum absolute atomic E-state index is 12.7. The molecule has 4 rings (SSSR count). The van der Waals surface area contributed by atoms with Crippen molar-refractivity contribution in [2.45, 2.75) is 18.9 Å². The van der Waals surface area contributed by atoms with Gasteiger partial charge in [0.1, 0.15) is 6.04 Å². The van der Waals surface area contributed by atoms with Crippen molar-refractivity contribution in [2.75, 3.05) is 26.2 Å². The predicted octanol–water partition coefficient (Wildman–Crippen LogP) is 4.34. The van der Waals surface area contributed by atoms with Crippen LogP contribution in [0.2, 0.25) is 5.02 Å². The van der Waals surface area contributed by atoms with Gasteiger partial charge in [0, 0.05) is 44.6 Å². The zero-order chi connectivity index (χ0) is 21.6. The highest BCUT2D eigenvalue weighted by Crippen LogP contribution is 2.28. The quantitative estimate of drug-likeness (QED) is 0.577. The molecule has 1 amide bonds. The molecule has 0 radical (unpaired) electrons. The first-order valence-corrected chi connectivity index (χ1v) is 10.7. The van der Waals surface area contributed by atoms with Gasteiger partial charge in [-0.15, -0.1) is 0 Å². The van der Waals surface area contributed by atoms with E-state index < -0.39 is 0 Å². The molecule has 1 aromatic heterocycles. The third-order valence-electron chi connectivity index (χ3n) is 5.52. The molecular formula is C24H23ClN4O2. The smallest absolute Gasteiger partial charge is 0.223 e. The van der Waals surface area contributed by atoms with E-state index in [9.17, 15) is 10.1 Å². The van der Waals surface area contributed by atoms with Crippen molar-refractivity contribution in [3.8, 4) is 17.4 Å². The highest BCUT2D eigenvalue weighted by molar-refractivity contribution is 6.33. The van der Waals surface area contributed by atoms with Crippen LogP contribution < -0.4 is 0 Å². The van der Waals surface area contributed by atoms with E-state index >= 15 is 0 Å². The van der Waals surface area contributed by atoms with E-state index in [1.807, 2.05) is 53.4 Å². The molecule has 0 aliphatic carbocycles. The topological polar surface area (TPSA) is 73.4 Å². The second kappa shape index (κ2) is 9.78. The number of piperazine rings is 1. The number of aromatic nitrogens is 1. The fourth-order valence-electron chi connectivity index (χ4n) is 3.82. The Kier molecular flexibility index (Phi) is 6.66. The van der Waals surface area contributed by atoms with Crippen molar-refractivity contribution < 1.29 is 9.21 Å². The molecule has 2 heterocycles. The van der Waals surface area contributed by atoms with E-state index in [1.165, 1.54) is 0 Å². The first-order valence-electron chi connectivity index (χ1n) is 10.3. The summed E-state index contributed by atoms with van der Waals surface area (Å²) in [4.78, 5) is 20.9. The highest BCUT2D eigenvalue weighted by Gasteiger charge is 2.27. The zero-order valence-corrected chi connectivity index (χ0v) is 17.8. The molecule has 1 atom stereocenters. The summed E-state index contributed by atoms with van der Waals surface area (Å²) in [7, 11) is 0. The minimum absolute atomic E-state index is 0.0744. The first kappa shape index (κ1) is 21.1. The summed E-state index contributed by atoms with van der Waals surface area (Å²) in [6.07, 6.45) is 2.42. The summed E-state index contributed by atoms with van der Waals surface area (Å²) in [5.74, 6) is 1.20. The third-order valence-corrected chi connectivity index (χ3v) is 5.84. The van der Waals surface area contributed by atoms with Gasteiger partial charge in [0.25, 0.3) is 0 Å². The van der Waals surface area contributed by atoms with Crippen LogP contribution in [0.15, 0.2) is 65.2 Å². The molecule has 31 heavy (non-hydrogen) atoms. The van der Waals surface area contributed by atoms with E-state index in [1.54, 1.807) is 12.3 Å². The molecule has 158 valence electrons. The second-order valence-corrected chi connectivity index (χ2v) is 7.86. The van der Waals surface area contributed by atoms with Gasteiger partial charge in [-0.3, -0.25) is 9.69 Å². The van der Waals surface area contributed by atoms with Gasteiger partial charge in [-0.05, 0) is 17.7 Å². The molecule has 0 spiro atoms. The van der Waals surface area contributed by atoms with Crippen molar-refractivity contribution in [3.05, 3.63) is 77.3 Å². The van der Waals surface area contributed by atoms with E-state index in [-0.39, 0.29) is 11.9 Å². The van der Waals surface area contributed by atoms with Crippen molar-refractivity contribution in [1.82, 2.24) is 14.8 Å². The number of hydrogen-bond acceptors (Lipinski definition) is 5. The van der Waals surface area contributed by atoms with Gasteiger partial charge in [0.05, 0.1) is 17.3 Å². The maximum atomic E-state index is 12.7. The summed E-state index contributed by atoms with van der Waals surface area (Å²) in [6, 6.07) is 19.3. The molecule has 0 saturated carbocycles. The van der Waals surface area contributed by atoms with Crippen LogP contribution >= 0.6 is 11.6 Å². The molecule has 7 heteroatoms. The molecule has 3 aromatic rings. The number of nitrogens with zero attached hydrogens (tertiary/aromatic N) is 4. The van der Waals surface area contributed by atoms with Crippen molar-refractivity contribution in [2.24, 2.45) is 0 Å². The standard InChI is InChI=1S/C24H23ClN4O2/c25-20-9-5-4-8-19(20)22-17-27-23(31-22)10-11-24(30)29-14-12-28(13-15-29)21(16-26)18-6-2-1-3-7-18/h1-9,17,21H,10-15H2. The Hall–Kier alpha value is -3.14. The van der Waals surface area contributed by atoms with Gasteiger partial charge >= 0.3 is 0 Å². The van der Waals surface area contributed by atoms with Crippen LogP contribution in [0.5, 0.6) is 0 Å². The lowest BCUT2D eigenvalue weighted by molar-refractivity contribution is -0.133. The Labute approximate surface area is 186 Å². The molecule has 1 aliphatic heterocycles. The second-order valence-electron chi connectivity index (χ2n) is 7.46. The van der Waals surface area contributed by atoms with Gasteiger partial charge in [-0.2, -0.15) is 5.26 Å². The summed E-state index contributed by atoms with van der Waals surface area (Å²) in [5.41, 5.74) is 1.78. The van der Waals surface area contributed by atoms with E-state index in [0.717, 1.165) is 11.1 Å². The number of rotatable bonds is 6. The monoisotopic (exact) mass is 434 g/mol. The third kappa shape index (κ3) is 4.96. The lowest BCUT2D eigenvalue weighted by atomic mass is 10.1. The minimum atomic E-state index is -0.283. The fraction of sp³-hybridized carbons (Fsp3) is 0.292. The Balaban J connectivity index is 1.29. The van der Waals surface area contributed by atoms with Gasteiger partial charge < -0.3 is 9.32 Å². The van der Waals surface area contributed by atoms with Crippen LogP contribution in [0.3, 0.4) is 0 Å². The van der Waals surface area contributed by atoms with Gasteiger partial charge in [-0.25, -0.2) is 4.98 Å². The Morgan fingerprint density at radius 3 is 2.52 bits per heavy atom. The van der Waals surface area contributed by atoms with E-state index in [0.29, 0.717) is 55.7 Å². The lowest BCUT2D eigenvalue weighted by Gasteiger charge is -2.37. The first-order chi connectivity index (χ1) is 15.2. The predicted molar refractivity (Wildman–Crippen MR) is 118 cm³/mol. The van der Waals surface area contributed by atoms with Gasteiger partial charge in [0.15, 0.2) is 11.7 Å². The number of aryl methyl sites for hydroxylation is 1. The fourth-order valence-corrected chi connectivity index (χ4v) is 4.04. The number of halogens is 1. The van der Waals surface area contributed by atoms with Crippen LogP contribution in [0, 0.1) is 11.3 Å². The number of amides is 1. The number of nitriles is 1. The van der Waals surface area contributed by atoms with Crippen LogP contribution in [0.4, 0.5) is 0 Å². The average molecular weight is 435 g/mol. The van der Waals surface area contributed by atoms with Crippen LogP contribution in [-0.2, 0) is 11.2 Å². The number of carbonyl (C=O) groups excluding carboxylic acids is 1. The number of oxazole rings is 1. The maximum Gasteiger partial charge on any atom is 0.223 e. The zero-order valence-electron chi connectivity index (χ0n) is 17.1. The molecule has 1 fully saturated rings. The Morgan fingerprint density at radius 1 is 1.10 bits per heavy atom. The van der Waals surface area contributed by atoms with Crippen molar-refractivity contribution in [1.29, 1.82) is 5.26 Å². The van der Waals surface area contributed by atoms with Crippen LogP contribution in [0.1, 0.15) is 23.9 Å². The largest absolute Gasteiger partial charge is 0.441 e. The molecular weight excluding hydrogens is 412 g/mol. The normalized spacial score (nSPS) is 15.4. The molecule has 1 aliphatic rings. The van der Waals surface area contributed by atoms with E-state index in [4.69, 9.17) is 16.0 Å². The number of benzene rings is 2. The van der Waals surface area contributed by atoms with Gasteiger partial charge in [-0.1, -0.05) is 54.1 Å². The van der Waals surface area contributed by atoms with Crippen LogP contribution in [-0.4, -0.2) is 46.9 Å². The molecule has 6 nitrogen and oxygen atoms in total. The highest BCUT2D eigenvalue weighted by atomic mass is 35.5. The Bertz CT molecular complexity index is 1070. The molecule has 1 saturated heterocycles. The number of carbonyl (C=O) groups is 1. The van der Waals surface area contributed by atoms with E-state index in [2.05, 4.69) is 16.0 Å². The Morgan fingerprint density at radius 2 is 1.81 bits per heavy atom. The molecule has 0 N–H and O–H groups in total. The SMILES string of the molecule is N#CC(c1ccccc1)N1CCN(C(=O)CCc2ncc(-c3ccccc3Cl)o2)CC1. The van der Waals surface area contributed by atoms with Crippen molar-refractivity contribution in [3.63, 3.8) is 0 Å². The summed E-state index contributed by atoms with van der Waals surface area (Å²) in [5, 5.41) is 10.2. The van der Waals surface area contributed by atoms with Crippen LogP contribution in [0.25, 0.3) is 11.3 Å². The summed E-state index contributed by atoms with van der Waals surface area (Å²) < 4.78 is 5.79. The van der Waals surface area contributed by atoms with Gasteiger partial charge in [0.2, 0.25) is 5.91 Å². The average Bonchev–Trinajstić information content (AvgIpc) is 3.28. The molecule has 1 unspecified atom stereocenters. The lowest BCUT2D eigenvalue weighted by Crippen LogP contribution is -2.49. The van der Waals surface area contributed by atoms with Crippen molar-refractivity contribution >= 4 is 17.5 Å².